The van der Waals surface area contributed by atoms with Crippen LogP contribution in [0, 0.1) is 0 Å². The van der Waals surface area contributed by atoms with Gasteiger partial charge in [0.15, 0.2) is 0 Å². The first kappa shape index (κ1) is 12.8. The number of aryl methyl sites for hydroxylation is 1. The molecular weight excluding hydrogens is 224 g/mol. The zero-order chi connectivity index (χ0) is 13.0. The maximum absolute atomic E-state index is 10.7. The van der Waals surface area contributed by atoms with Crippen LogP contribution in [-0.2, 0) is 19.9 Å². The molecule has 1 N–H and O–H groups in total. The minimum atomic E-state index is -0.713. The van der Waals surface area contributed by atoms with Gasteiger partial charge in [-0.15, -0.1) is 0 Å². The lowest BCUT2D eigenvalue weighted by Gasteiger charge is -2.26. The largest absolute Gasteiger partial charge is 0.389 e. The van der Waals surface area contributed by atoms with Gasteiger partial charge < -0.3 is 5.11 Å². The normalized spacial score (nSPS) is 14.4. The summed E-state index contributed by atoms with van der Waals surface area (Å²) >= 11 is 0. The van der Waals surface area contributed by atoms with E-state index in [0.29, 0.717) is 12.8 Å². The molecular formula is C15H20N2O. The summed E-state index contributed by atoms with van der Waals surface area (Å²) in [6.45, 7) is 2.02. The third-order valence-electron chi connectivity index (χ3n) is 3.31. The standard InChI is InChI=1S/C15H20N2O/c1-3-15(18,11-13-7-5-4-6-8-13)12-14-9-10-17(2)16-14/h4-10,18H,3,11-12H2,1-2H3. The van der Waals surface area contributed by atoms with E-state index in [9.17, 15) is 5.11 Å². The Balaban J connectivity index is 2.10. The van der Waals surface area contributed by atoms with Gasteiger partial charge in [0.25, 0.3) is 0 Å². The summed E-state index contributed by atoms with van der Waals surface area (Å²) in [6.07, 6.45) is 3.90. The molecule has 0 saturated heterocycles. The number of hydrogen-bond acceptors (Lipinski definition) is 2. The zero-order valence-corrected chi connectivity index (χ0v) is 11.0. The molecule has 1 aromatic heterocycles. The fraction of sp³-hybridized carbons (Fsp3) is 0.400. The highest BCUT2D eigenvalue weighted by atomic mass is 16.3. The van der Waals surface area contributed by atoms with Gasteiger partial charge in [-0.25, -0.2) is 0 Å². The Morgan fingerprint density at radius 2 is 1.89 bits per heavy atom. The molecule has 0 bridgehead atoms. The summed E-state index contributed by atoms with van der Waals surface area (Å²) in [5, 5.41) is 15.0. The number of benzene rings is 1. The Labute approximate surface area is 108 Å². The lowest BCUT2D eigenvalue weighted by molar-refractivity contribution is 0.0358. The molecule has 1 aromatic carbocycles. The van der Waals surface area contributed by atoms with E-state index in [1.807, 2.05) is 44.4 Å². The summed E-state index contributed by atoms with van der Waals surface area (Å²) in [4.78, 5) is 0. The molecule has 1 atom stereocenters. The number of aliphatic hydroxyl groups is 1. The molecule has 1 unspecified atom stereocenters. The minimum absolute atomic E-state index is 0.596. The van der Waals surface area contributed by atoms with Crippen LogP contribution in [-0.4, -0.2) is 20.5 Å². The SMILES string of the molecule is CCC(O)(Cc1ccccc1)Cc1ccn(C)n1. The maximum Gasteiger partial charge on any atom is 0.0741 e. The third kappa shape index (κ3) is 3.20. The summed E-state index contributed by atoms with van der Waals surface area (Å²) in [5.41, 5.74) is 1.39. The van der Waals surface area contributed by atoms with Crippen LogP contribution in [0.4, 0.5) is 0 Å². The molecule has 0 fully saturated rings. The quantitative estimate of drug-likeness (QED) is 0.876. The molecule has 2 rings (SSSR count). The average molecular weight is 244 g/mol. The van der Waals surface area contributed by atoms with E-state index in [2.05, 4.69) is 17.2 Å². The highest BCUT2D eigenvalue weighted by Gasteiger charge is 2.26. The summed E-state index contributed by atoms with van der Waals surface area (Å²) in [5.74, 6) is 0. The van der Waals surface area contributed by atoms with E-state index in [4.69, 9.17) is 0 Å². The van der Waals surface area contributed by atoms with Crippen LogP contribution in [0.5, 0.6) is 0 Å². The fourth-order valence-corrected chi connectivity index (χ4v) is 2.18. The predicted molar refractivity (Wildman–Crippen MR) is 72.3 cm³/mol. The molecule has 0 aliphatic carbocycles. The third-order valence-corrected chi connectivity index (χ3v) is 3.31. The van der Waals surface area contributed by atoms with Crippen molar-refractivity contribution in [3.8, 4) is 0 Å². The van der Waals surface area contributed by atoms with Gasteiger partial charge in [-0.3, -0.25) is 4.68 Å². The van der Waals surface area contributed by atoms with Crippen LogP contribution in [0.3, 0.4) is 0 Å². The fourth-order valence-electron chi connectivity index (χ4n) is 2.18. The first-order valence-corrected chi connectivity index (χ1v) is 6.36. The molecule has 18 heavy (non-hydrogen) atoms. The molecule has 1 heterocycles. The van der Waals surface area contributed by atoms with Gasteiger partial charge >= 0.3 is 0 Å². The molecule has 0 aliphatic heterocycles. The second-order valence-electron chi connectivity index (χ2n) is 4.90. The van der Waals surface area contributed by atoms with Gasteiger partial charge in [-0.1, -0.05) is 37.3 Å². The van der Waals surface area contributed by atoms with E-state index in [1.165, 1.54) is 0 Å². The Morgan fingerprint density at radius 3 is 2.44 bits per heavy atom. The second kappa shape index (κ2) is 5.36. The topological polar surface area (TPSA) is 38.0 Å². The van der Waals surface area contributed by atoms with Crippen molar-refractivity contribution < 1.29 is 5.11 Å². The van der Waals surface area contributed by atoms with Gasteiger partial charge in [0.1, 0.15) is 0 Å². The van der Waals surface area contributed by atoms with Gasteiger partial charge in [0.05, 0.1) is 11.3 Å². The molecule has 3 nitrogen and oxygen atoms in total. The van der Waals surface area contributed by atoms with Crippen molar-refractivity contribution in [2.75, 3.05) is 0 Å². The highest BCUT2D eigenvalue weighted by molar-refractivity contribution is 5.18. The minimum Gasteiger partial charge on any atom is -0.389 e. The molecule has 0 amide bonds. The Bertz CT molecular complexity index is 492. The summed E-state index contributed by atoms with van der Waals surface area (Å²) in [7, 11) is 1.89. The number of hydrogen-bond donors (Lipinski definition) is 1. The van der Waals surface area contributed by atoms with Crippen LogP contribution in [0.1, 0.15) is 24.6 Å². The smallest absolute Gasteiger partial charge is 0.0741 e. The van der Waals surface area contributed by atoms with E-state index in [0.717, 1.165) is 17.7 Å². The van der Waals surface area contributed by atoms with Gasteiger partial charge in [-0.05, 0) is 18.1 Å². The molecule has 96 valence electrons. The van der Waals surface area contributed by atoms with Crippen molar-refractivity contribution in [1.29, 1.82) is 0 Å². The van der Waals surface area contributed by atoms with Crippen molar-refractivity contribution in [1.82, 2.24) is 9.78 Å². The van der Waals surface area contributed by atoms with Crippen molar-refractivity contribution >= 4 is 0 Å². The van der Waals surface area contributed by atoms with E-state index in [1.54, 1.807) is 4.68 Å². The van der Waals surface area contributed by atoms with E-state index >= 15 is 0 Å². The van der Waals surface area contributed by atoms with Crippen LogP contribution >= 0.6 is 0 Å². The summed E-state index contributed by atoms with van der Waals surface area (Å²) in [6, 6.07) is 12.1. The van der Waals surface area contributed by atoms with Gasteiger partial charge in [-0.2, -0.15) is 5.10 Å². The number of rotatable bonds is 5. The van der Waals surface area contributed by atoms with E-state index in [-0.39, 0.29) is 0 Å². The molecule has 0 radical (unpaired) electrons. The van der Waals surface area contributed by atoms with Gasteiger partial charge in [0, 0.05) is 26.1 Å². The van der Waals surface area contributed by atoms with Crippen LogP contribution in [0.25, 0.3) is 0 Å². The molecule has 0 aliphatic rings. The van der Waals surface area contributed by atoms with Crippen molar-refractivity contribution in [3.05, 3.63) is 53.9 Å². The monoisotopic (exact) mass is 244 g/mol. The first-order valence-electron chi connectivity index (χ1n) is 6.36. The van der Waals surface area contributed by atoms with Crippen molar-refractivity contribution in [3.63, 3.8) is 0 Å². The zero-order valence-electron chi connectivity index (χ0n) is 11.0. The molecule has 3 heteroatoms. The Morgan fingerprint density at radius 1 is 1.17 bits per heavy atom. The van der Waals surface area contributed by atoms with Crippen molar-refractivity contribution in [2.24, 2.45) is 7.05 Å². The lowest BCUT2D eigenvalue weighted by Crippen LogP contribution is -2.33. The van der Waals surface area contributed by atoms with Crippen LogP contribution in [0.15, 0.2) is 42.6 Å². The Hall–Kier alpha value is -1.61. The van der Waals surface area contributed by atoms with E-state index < -0.39 is 5.60 Å². The first-order chi connectivity index (χ1) is 8.61. The Kier molecular flexibility index (Phi) is 3.82. The number of nitrogens with zero attached hydrogens (tertiary/aromatic N) is 2. The predicted octanol–water partition coefficient (Wildman–Crippen LogP) is 2.35. The molecule has 2 aromatic rings. The molecule has 0 spiro atoms. The van der Waals surface area contributed by atoms with Gasteiger partial charge in [0.2, 0.25) is 0 Å². The van der Waals surface area contributed by atoms with Crippen LogP contribution in [0.2, 0.25) is 0 Å². The van der Waals surface area contributed by atoms with Crippen molar-refractivity contribution in [2.45, 2.75) is 31.8 Å². The maximum atomic E-state index is 10.7. The lowest BCUT2D eigenvalue weighted by atomic mass is 9.87. The summed E-state index contributed by atoms with van der Waals surface area (Å²) < 4.78 is 1.77. The highest BCUT2D eigenvalue weighted by Crippen LogP contribution is 2.21. The molecule has 0 saturated carbocycles. The second-order valence-corrected chi connectivity index (χ2v) is 4.90. The number of aromatic nitrogens is 2. The van der Waals surface area contributed by atoms with Crippen LogP contribution < -0.4 is 0 Å². The average Bonchev–Trinajstić information content (AvgIpc) is 2.75.